The quantitative estimate of drug-likeness (QED) is 0.829. The van der Waals surface area contributed by atoms with Gasteiger partial charge in [-0.2, -0.15) is 0 Å². The van der Waals surface area contributed by atoms with Gasteiger partial charge < -0.3 is 5.32 Å². The van der Waals surface area contributed by atoms with Gasteiger partial charge in [0.1, 0.15) is 10.8 Å². The lowest BCUT2D eigenvalue weighted by atomic mass is 10.3. The highest BCUT2D eigenvalue weighted by Gasteiger charge is 2.12. The Morgan fingerprint density at radius 2 is 2.31 bits per heavy atom. The number of halogens is 1. The summed E-state index contributed by atoms with van der Waals surface area (Å²) in [7, 11) is -0.934. The van der Waals surface area contributed by atoms with E-state index >= 15 is 0 Å². The van der Waals surface area contributed by atoms with Crippen LogP contribution in [0.2, 0.25) is 5.15 Å². The van der Waals surface area contributed by atoms with E-state index in [0.717, 1.165) is 0 Å². The topological polar surface area (TPSA) is 59.1 Å². The minimum absolute atomic E-state index is 0.154. The molecule has 2 unspecified atom stereocenters. The maximum absolute atomic E-state index is 11.7. The number of aromatic nitrogens is 1. The number of amides is 1. The molecular weight excluding hydrogens is 248 g/mol. The maximum Gasteiger partial charge on any atom is 0.270 e. The third kappa shape index (κ3) is 4.28. The Balaban J connectivity index is 2.62. The molecule has 4 nitrogen and oxygen atoms in total. The predicted octanol–water partition coefficient (Wildman–Crippen LogP) is 1.23. The minimum atomic E-state index is -0.934. The Morgan fingerprint density at radius 3 is 2.88 bits per heavy atom. The molecule has 0 aliphatic heterocycles. The monoisotopic (exact) mass is 260 g/mol. The fourth-order valence-electron chi connectivity index (χ4n) is 1.23. The summed E-state index contributed by atoms with van der Waals surface area (Å²) in [6.07, 6.45) is 1.60. The van der Waals surface area contributed by atoms with Gasteiger partial charge in [-0.25, -0.2) is 4.98 Å². The maximum atomic E-state index is 11.7. The molecular formula is C10H13ClN2O2S. The average molecular weight is 261 g/mol. The van der Waals surface area contributed by atoms with Crippen molar-refractivity contribution in [3.8, 4) is 0 Å². The zero-order valence-electron chi connectivity index (χ0n) is 9.07. The normalized spacial score (nSPS) is 14.2. The van der Waals surface area contributed by atoms with E-state index in [0.29, 0.717) is 5.75 Å². The summed E-state index contributed by atoms with van der Waals surface area (Å²) >= 11 is 5.67. The molecule has 1 amide bonds. The third-order valence-corrected chi connectivity index (χ3v) is 2.99. The van der Waals surface area contributed by atoms with Crippen LogP contribution in [0.4, 0.5) is 0 Å². The fourth-order valence-corrected chi connectivity index (χ4v) is 2.18. The molecule has 88 valence electrons. The van der Waals surface area contributed by atoms with Gasteiger partial charge in [0, 0.05) is 28.9 Å². The van der Waals surface area contributed by atoms with Gasteiger partial charge in [-0.05, 0) is 19.1 Å². The van der Waals surface area contributed by atoms with Gasteiger partial charge in [0.25, 0.3) is 5.91 Å². The molecule has 6 heteroatoms. The predicted molar refractivity (Wildman–Crippen MR) is 65.1 cm³/mol. The third-order valence-electron chi connectivity index (χ3n) is 1.81. The lowest BCUT2D eigenvalue weighted by molar-refractivity contribution is 0.0938. The van der Waals surface area contributed by atoms with E-state index in [1.54, 1.807) is 31.4 Å². The van der Waals surface area contributed by atoms with Crippen molar-refractivity contribution in [2.45, 2.75) is 13.0 Å². The minimum Gasteiger partial charge on any atom is -0.347 e. The molecule has 16 heavy (non-hydrogen) atoms. The summed E-state index contributed by atoms with van der Waals surface area (Å²) in [5, 5.41) is 2.98. The number of carbonyl (C=O) groups is 1. The molecule has 1 heterocycles. The van der Waals surface area contributed by atoms with Gasteiger partial charge in [0.15, 0.2) is 0 Å². The molecule has 1 N–H and O–H groups in total. The van der Waals surface area contributed by atoms with E-state index in [1.165, 1.54) is 0 Å². The molecule has 0 aliphatic rings. The molecule has 0 saturated carbocycles. The van der Waals surface area contributed by atoms with Gasteiger partial charge in [-0.15, -0.1) is 0 Å². The number of carbonyl (C=O) groups excluding carboxylic acids is 1. The highest BCUT2D eigenvalue weighted by molar-refractivity contribution is 7.84. The molecule has 1 aromatic rings. The second kappa shape index (κ2) is 5.96. The van der Waals surface area contributed by atoms with Crippen LogP contribution in [0, 0.1) is 0 Å². The number of nitrogens with zero attached hydrogens (tertiary/aromatic N) is 1. The van der Waals surface area contributed by atoms with Crippen molar-refractivity contribution in [3.05, 3.63) is 29.0 Å². The van der Waals surface area contributed by atoms with Crippen LogP contribution in [-0.2, 0) is 10.8 Å². The van der Waals surface area contributed by atoms with E-state index in [9.17, 15) is 9.00 Å². The van der Waals surface area contributed by atoms with Crippen molar-refractivity contribution < 1.29 is 9.00 Å². The molecule has 1 aromatic heterocycles. The van der Waals surface area contributed by atoms with Crippen LogP contribution in [-0.4, -0.2) is 33.2 Å². The van der Waals surface area contributed by atoms with Gasteiger partial charge in [0.2, 0.25) is 0 Å². The summed E-state index contributed by atoms with van der Waals surface area (Å²) in [4.78, 5) is 15.5. The Kier molecular flexibility index (Phi) is 4.89. The SMILES string of the molecule is CC(CS(C)=O)NC(=O)c1cccc(Cl)n1. The molecule has 0 aliphatic carbocycles. The molecule has 0 spiro atoms. The molecule has 2 atom stereocenters. The first-order valence-electron chi connectivity index (χ1n) is 4.72. The number of rotatable bonds is 4. The van der Waals surface area contributed by atoms with Crippen molar-refractivity contribution in [2.75, 3.05) is 12.0 Å². The van der Waals surface area contributed by atoms with E-state index in [-0.39, 0.29) is 22.8 Å². The summed E-state index contributed by atoms with van der Waals surface area (Å²) in [6.45, 7) is 1.80. The van der Waals surface area contributed by atoms with Crippen molar-refractivity contribution in [3.63, 3.8) is 0 Å². The molecule has 0 fully saturated rings. The van der Waals surface area contributed by atoms with Crippen LogP contribution in [0.3, 0.4) is 0 Å². The summed E-state index contributed by atoms with van der Waals surface area (Å²) in [6, 6.07) is 4.69. The number of hydrogen-bond acceptors (Lipinski definition) is 3. The van der Waals surface area contributed by atoms with Crippen molar-refractivity contribution in [2.24, 2.45) is 0 Å². The fraction of sp³-hybridized carbons (Fsp3) is 0.400. The van der Waals surface area contributed by atoms with Gasteiger partial charge in [-0.1, -0.05) is 17.7 Å². The van der Waals surface area contributed by atoms with E-state index in [2.05, 4.69) is 10.3 Å². The summed E-state index contributed by atoms with van der Waals surface area (Å²) < 4.78 is 10.9. The van der Waals surface area contributed by atoms with Crippen LogP contribution in [0.5, 0.6) is 0 Å². The lowest BCUT2D eigenvalue weighted by Gasteiger charge is -2.11. The Bertz CT molecular complexity index is 412. The molecule has 0 aromatic carbocycles. The standard InChI is InChI=1S/C10H13ClN2O2S/c1-7(6-16(2)15)12-10(14)8-4-3-5-9(11)13-8/h3-5,7H,6H2,1-2H3,(H,12,14). The van der Waals surface area contributed by atoms with Gasteiger partial charge >= 0.3 is 0 Å². The Hall–Kier alpha value is -0.940. The van der Waals surface area contributed by atoms with Crippen LogP contribution in [0.15, 0.2) is 18.2 Å². The van der Waals surface area contributed by atoms with Crippen LogP contribution in [0.25, 0.3) is 0 Å². The van der Waals surface area contributed by atoms with Crippen LogP contribution >= 0.6 is 11.6 Å². The first kappa shape index (κ1) is 13.1. The second-order valence-electron chi connectivity index (χ2n) is 3.46. The average Bonchev–Trinajstić information content (AvgIpc) is 2.16. The Labute approximate surface area is 102 Å². The number of hydrogen-bond donors (Lipinski definition) is 1. The summed E-state index contributed by atoms with van der Waals surface area (Å²) in [5.74, 6) is 0.118. The van der Waals surface area contributed by atoms with Crippen LogP contribution in [0.1, 0.15) is 17.4 Å². The highest BCUT2D eigenvalue weighted by Crippen LogP contribution is 2.05. The number of nitrogens with one attached hydrogen (secondary N) is 1. The van der Waals surface area contributed by atoms with Crippen molar-refractivity contribution in [1.82, 2.24) is 10.3 Å². The number of pyridine rings is 1. The highest BCUT2D eigenvalue weighted by atomic mass is 35.5. The van der Waals surface area contributed by atoms with E-state index in [1.807, 2.05) is 0 Å². The van der Waals surface area contributed by atoms with Gasteiger partial charge in [-0.3, -0.25) is 9.00 Å². The lowest BCUT2D eigenvalue weighted by Crippen LogP contribution is -2.36. The largest absolute Gasteiger partial charge is 0.347 e. The van der Waals surface area contributed by atoms with Crippen molar-refractivity contribution >= 4 is 28.3 Å². The zero-order chi connectivity index (χ0) is 12.1. The van der Waals surface area contributed by atoms with Gasteiger partial charge in [0.05, 0.1) is 0 Å². The molecule has 0 saturated heterocycles. The van der Waals surface area contributed by atoms with E-state index in [4.69, 9.17) is 11.6 Å². The Morgan fingerprint density at radius 1 is 1.62 bits per heavy atom. The first-order valence-corrected chi connectivity index (χ1v) is 6.83. The molecule has 0 bridgehead atoms. The summed E-state index contributed by atoms with van der Waals surface area (Å²) in [5.41, 5.74) is 0.265. The molecule has 0 radical (unpaired) electrons. The van der Waals surface area contributed by atoms with Crippen molar-refractivity contribution in [1.29, 1.82) is 0 Å². The first-order chi connectivity index (χ1) is 7.49. The second-order valence-corrected chi connectivity index (χ2v) is 5.33. The molecule has 1 rings (SSSR count). The zero-order valence-corrected chi connectivity index (χ0v) is 10.6. The smallest absolute Gasteiger partial charge is 0.270 e. The van der Waals surface area contributed by atoms with Crippen LogP contribution < -0.4 is 5.32 Å². The van der Waals surface area contributed by atoms with E-state index < -0.39 is 10.8 Å².